The lowest BCUT2D eigenvalue weighted by atomic mass is 9.94. The van der Waals surface area contributed by atoms with Crippen LogP contribution in [-0.2, 0) is 9.59 Å². The molecule has 0 spiro atoms. The van der Waals surface area contributed by atoms with E-state index in [4.69, 9.17) is 9.47 Å². The van der Waals surface area contributed by atoms with Crippen LogP contribution < -0.4 is 14.4 Å². The zero-order chi connectivity index (χ0) is 24.4. The van der Waals surface area contributed by atoms with E-state index in [1.165, 1.54) is 24.1 Å². The molecule has 174 valence electrons. The molecule has 1 fully saturated rings. The Labute approximate surface area is 196 Å². The Kier molecular flexibility index (Phi) is 6.36. The fourth-order valence-electron chi connectivity index (χ4n) is 4.14. The largest absolute Gasteiger partial charge is 0.507 e. The molecular formula is C27H24FNO5. The van der Waals surface area contributed by atoms with Crippen LogP contribution in [0.1, 0.15) is 29.7 Å². The number of carbonyl (C=O) groups is 2. The van der Waals surface area contributed by atoms with Gasteiger partial charge in [0, 0.05) is 5.69 Å². The molecule has 0 radical (unpaired) electrons. The smallest absolute Gasteiger partial charge is 0.300 e. The number of hydrogen-bond acceptors (Lipinski definition) is 5. The molecule has 0 saturated carbocycles. The third kappa shape index (κ3) is 4.12. The predicted molar refractivity (Wildman–Crippen MR) is 127 cm³/mol. The number of Topliss-reactive ketones (excluding diaryl/α,β-unsaturated/α-hetero) is 1. The van der Waals surface area contributed by atoms with Gasteiger partial charge in [0.2, 0.25) is 0 Å². The molecule has 1 atom stereocenters. The van der Waals surface area contributed by atoms with Crippen LogP contribution in [0.4, 0.5) is 10.1 Å². The van der Waals surface area contributed by atoms with Crippen molar-refractivity contribution < 1.29 is 28.6 Å². The van der Waals surface area contributed by atoms with Crippen molar-refractivity contribution in [2.75, 3.05) is 18.6 Å². The number of aliphatic hydroxyl groups is 1. The fourth-order valence-corrected chi connectivity index (χ4v) is 4.14. The molecule has 1 heterocycles. The molecule has 1 amide bonds. The number of methoxy groups -OCH3 is 1. The van der Waals surface area contributed by atoms with E-state index in [2.05, 4.69) is 0 Å². The van der Waals surface area contributed by atoms with Crippen LogP contribution in [0.3, 0.4) is 0 Å². The van der Waals surface area contributed by atoms with Crippen LogP contribution in [0, 0.1) is 12.7 Å². The summed E-state index contributed by atoms with van der Waals surface area (Å²) in [5, 5.41) is 11.3. The van der Waals surface area contributed by atoms with Gasteiger partial charge in [-0.25, -0.2) is 4.39 Å². The molecule has 0 aliphatic carbocycles. The van der Waals surface area contributed by atoms with Crippen molar-refractivity contribution in [2.24, 2.45) is 0 Å². The van der Waals surface area contributed by atoms with Crippen LogP contribution in [0.2, 0.25) is 0 Å². The number of halogens is 1. The van der Waals surface area contributed by atoms with Gasteiger partial charge in [-0.3, -0.25) is 14.5 Å². The van der Waals surface area contributed by atoms with E-state index >= 15 is 0 Å². The summed E-state index contributed by atoms with van der Waals surface area (Å²) in [7, 11) is 1.37. The molecule has 1 N–H and O–H groups in total. The van der Waals surface area contributed by atoms with E-state index < -0.39 is 29.3 Å². The maximum absolute atomic E-state index is 14.1. The first-order valence-corrected chi connectivity index (χ1v) is 10.8. The number of aliphatic hydroxyl groups excluding tert-OH is 1. The highest BCUT2D eigenvalue weighted by atomic mass is 19.1. The van der Waals surface area contributed by atoms with Crippen LogP contribution >= 0.6 is 0 Å². The Balaban J connectivity index is 1.99. The van der Waals surface area contributed by atoms with Crippen LogP contribution in [-0.4, -0.2) is 30.5 Å². The van der Waals surface area contributed by atoms with Gasteiger partial charge in [0.15, 0.2) is 0 Å². The molecule has 7 heteroatoms. The minimum atomic E-state index is -0.963. The summed E-state index contributed by atoms with van der Waals surface area (Å²) in [5.41, 5.74) is 1.77. The van der Waals surface area contributed by atoms with Crippen molar-refractivity contribution in [1.82, 2.24) is 0 Å². The highest BCUT2D eigenvalue weighted by Gasteiger charge is 2.47. The zero-order valence-corrected chi connectivity index (χ0v) is 19.0. The zero-order valence-electron chi connectivity index (χ0n) is 19.0. The second-order valence-electron chi connectivity index (χ2n) is 7.86. The van der Waals surface area contributed by atoms with E-state index in [1.54, 1.807) is 42.5 Å². The van der Waals surface area contributed by atoms with E-state index in [0.717, 1.165) is 11.6 Å². The lowest BCUT2D eigenvalue weighted by molar-refractivity contribution is -0.132. The van der Waals surface area contributed by atoms with E-state index in [0.29, 0.717) is 23.6 Å². The molecule has 1 saturated heterocycles. The first-order chi connectivity index (χ1) is 16.3. The van der Waals surface area contributed by atoms with Crippen LogP contribution in [0.5, 0.6) is 11.5 Å². The maximum atomic E-state index is 14.1. The van der Waals surface area contributed by atoms with Gasteiger partial charge in [-0.2, -0.15) is 0 Å². The quantitative estimate of drug-likeness (QED) is 0.312. The van der Waals surface area contributed by atoms with Crippen molar-refractivity contribution in [3.63, 3.8) is 0 Å². The fraction of sp³-hybridized carbons (Fsp3) is 0.185. The number of hydrogen-bond donors (Lipinski definition) is 1. The molecule has 3 aromatic carbocycles. The van der Waals surface area contributed by atoms with E-state index in [9.17, 15) is 19.1 Å². The van der Waals surface area contributed by atoms with Gasteiger partial charge in [-0.1, -0.05) is 24.3 Å². The number of ketones is 1. The summed E-state index contributed by atoms with van der Waals surface area (Å²) < 4.78 is 25.0. The monoisotopic (exact) mass is 461 g/mol. The van der Waals surface area contributed by atoms with Crippen molar-refractivity contribution in [3.8, 4) is 11.5 Å². The summed E-state index contributed by atoms with van der Waals surface area (Å²) >= 11 is 0. The molecule has 1 aliphatic rings. The molecule has 1 aliphatic heterocycles. The Bertz CT molecular complexity index is 1300. The number of ether oxygens (including phenoxy) is 2. The highest BCUT2D eigenvalue weighted by Crippen LogP contribution is 2.44. The standard InChI is InChI=1S/C27H24FNO5/c1-4-34-20-10-6-8-17(14-20)24-23(25(30)21-15-18(28)11-12-22(21)33-3)26(31)27(32)29(24)19-9-5-7-16(2)13-19/h5-15,24,30H,4H2,1-3H3/b25-23+. The average Bonchev–Trinajstić information content (AvgIpc) is 3.09. The van der Waals surface area contributed by atoms with Gasteiger partial charge >= 0.3 is 0 Å². The number of aryl methyl sites for hydroxylation is 1. The van der Waals surface area contributed by atoms with Gasteiger partial charge in [0.25, 0.3) is 11.7 Å². The molecule has 1 unspecified atom stereocenters. The van der Waals surface area contributed by atoms with Crippen molar-refractivity contribution >= 4 is 23.1 Å². The van der Waals surface area contributed by atoms with Crippen LogP contribution in [0.25, 0.3) is 5.76 Å². The number of benzene rings is 3. The Morgan fingerprint density at radius 3 is 2.53 bits per heavy atom. The van der Waals surface area contributed by atoms with Crippen molar-refractivity contribution in [2.45, 2.75) is 19.9 Å². The molecule has 0 bridgehead atoms. The first kappa shape index (κ1) is 23.0. The number of carbonyl (C=O) groups excluding carboxylic acids is 2. The molecule has 3 aromatic rings. The van der Waals surface area contributed by atoms with Gasteiger partial charge in [0.1, 0.15) is 23.1 Å². The molecule has 4 rings (SSSR count). The Hall–Kier alpha value is -4.13. The van der Waals surface area contributed by atoms with Crippen LogP contribution in [0.15, 0.2) is 72.3 Å². The number of amides is 1. The third-order valence-electron chi connectivity index (χ3n) is 5.63. The average molecular weight is 461 g/mol. The second kappa shape index (κ2) is 9.39. The summed E-state index contributed by atoms with van der Waals surface area (Å²) in [6.45, 7) is 4.16. The van der Waals surface area contributed by atoms with Crippen molar-refractivity contribution in [3.05, 3.63) is 94.8 Å². The number of anilines is 1. The topological polar surface area (TPSA) is 76.1 Å². The highest BCUT2D eigenvalue weighted by molar-refractivity contribution is 6.51. The maximum Gasteiger partial charge on any atom is 0.300 e. The predicted octanol–water partition coefficient (Wildman–Crippen LogP) is 5.17. The minimum Gasteiger partial charge on any atom is -0.507 e. The van der Waals surface area contributed by atoms with Gasteiger partial charge in [-0.15, -0.1) is 0 Å². The number of nitrogens with zero attached hydrogens (tertiary/aromatic N) is 1. The Morgan fingerprint density at radius 2 is 1.82 bits per heavy atom. The van der Waals surface area contributed by atoms with Crippen molar-refractivity contribution in [1.29, 1.82) is 0 Å². The lowest BCUT2D eigenvalue weighted by Gasteiger charge is -2.26. The lowest BCUT2D eigenvalue weighted by Crippen LogP contribution is -2.29. The van der Waals surface area contributed by atoms with Gasteiger partial charge in [-0.05, 0) is 67.4 Å². The summed E-state index contributed by atoms with van der Waals surface area (Å²) in [6, 6.07) is 16.8. The summed E-state index contributed by atoms with van der Waals surface area (Å²) in [5.74, 6) is -2.09. The molecule has 6 nitrogen and oxygen atoms in total. The summed E-state index contributed by atoms with van der Waals surface area (Å²) in [6.07, 6.45) is 0. The van der Waals surface area contributed by atoms with Gasteiger partial charge in [0.05, 0.1) is 30.9 Å². The van der Waals surface area contributed by atoms with Gasteiger partial charge < -0.3 is 14.6 Å². The van der Waals surface area contributed by atoms with E-state index in [-0.39, 0.29) is 16.9 Å². The Morgan fingerprint density at radius 1 is 1.06 bits per heavy atom. The molecular weight excluding hydrogens is 437 g/mol. The summed E-state index contributed by atoms with van der Waals surface area (Å²) in [4.78, 5) is 27.9. The molecule has 34 heavy (non-hydrogen) atoms. The third-order valence-corrected chi connectivity index (χ3v) is 5.63. The number of rotatable bonds is 6. The van der Waals surface area contributed by atoms with E-state index in [1.807, 2.05) is 19.9 Å². The normalized spacial score (nSPS) is 17.2. The minimum absolute atomic E-state index is 0.0179. The molecule has 0 aromatic heterocycles. The second-order valence-corrected chi connectivity index (χ2v) is 7.86. The first-order valence-electron chi connectivity index (χ1n) is 10.8. The SMILES string of the molecule is CCOc1cccc(C2/C(=C(\O)c3cc(F)ccc3OC)C(=O)C(=O)N2c2cccc(C)c2)c1.